The van der Waals surface area contributed by atoms with E-state index in [4.69, 9.17) is 4.74 Å². The molecule has 1 aromatic heterocycles. The Hall–Kier alpha value is -3.00. The summed E-state index contributed by atoms with van der Waals surface area (Å²) in [5, 5.41) is 0. The number of thioether (sulfide) groups is 1. The van der Waals surface area contributed by atoms with Crippen LogP contribution in [0, 0.1) is 5.92 Å². The van der Waals surface area contributed by atoms with Crippen molar-refractivity contribution in [2.45, 2.75) is 24.3 Å². The molecular formula is C22H23N3O4S. The molecule has 0 aliphatic carbocycles. The van der Waals surface area contributed by atoms with Crippen LogP contribution in [-0.2, 0) is 20.9 Å². The number of imidazole rings is 1. The highest BCUT2D eigenvalue weighted by Gasteiger charge is 2.36. The first-order valence-electron chi connectivity index (χ1n) is 9.85. The van der Waals surface area contributed by atoms with Crippen molar-refractivity contribution < 1.29 is 14.3 Å². The van der Waals surface area contributed by atoms with Crippen LogP contribution in [0.15, 0.2) is 58.2 Å². The zero-order valence-corrected chi connectivity index (χ0v) is 17.5. The van der Waals surface area contributed by atoms with Crippen molar-refractivity contribution in [2.75, 3.05) is 24.3 Å². The summed E-state index contributed by atoms with van der Waals surface area (Å²) in [6.45, 7) is 0.988. The SMILES string of the molecule is CSc1cccc(N2CC(C(=O)OCCCn3c(=O)[nH]c4ccccc43)CC2=O)c1. The van der Waals surface area contributed by atoms with Crippen LogP contribution in [0.3, 0.4) is 0 Å². The molecule has 3 aromatic rings. The summed E-state index contributed by atoms with van der Waals surface area (Å²) in [6.07, 6.45) is 2.66. The topological polar surface area (TPSA) is 84.4 Å². The Bertz CT molecular complexity index is 1140. The number of benzene rings is 2. The second kappa shape index (κ2) is 8.79. The van der Waals surface area contributed by atoms with Gasteiger partial charge < -0.3 is 14.6 Å². The smallest absolute Gasteiger partial charge is 0.326 e. The zero-order valence-electron chi connectivity index (χ0n) is 16.7. The average molecular weight is 426 g/mol. The van der Waals surface area contributed by atoms with Crippen molar-refractivity contribution in [2.24, 2.45) is 5.92 Å². The van der Waals surface area contributed by atoms with E-state index in [-0.39, 0.29) is 30.6 Å². The van der Waals surface area contributed by atoms with Gasteiger partial charge in [0, 0.05) is 30.1 Å². The van der Waals surface area contributed by atoms with Crippen molar-refractivity contribution in [3.8, 4) is 0 Å². The van der Waals surface area contributed by atoms with Crippen LogP contribution in [0.25, 0.3) is 11.0 Å². The van der Waals surface area contributed by atoms with Crippen molar-refractivity contribution in [1.29, 1.82) is 0 Å². The van der Waals surface area contributed by atoms with Crippen LogP contribution in [0.5, 0.6) is 0 Å². The highest BCUT2D eigenvalue weighted by Crippen LogP contribution is 2.28. The molecule has 1 atom stereocenters. The lowest BCUT2D eigenvalue weighted by molar-refractivity contribution is -0.148. The third-order valence-electron chi connectivity index (χ3n) is 5.28. The molecular weight excluding hydrogens is 402 g/mol. The van der Waals surface area contributed by atoms with Gasteiger partial charge in [0.25, 0.3) is 0 Å². The molecule has 7 nitrogen and oxygen atoms in total. The second-order valence-electron chi connectivity index (χ2n) is 7.23. The number of nitrogens with one attached hydrogen (secondary N) is 1. The lowest BCUT2D eigenvalue weighted by atomic mass is 10.1. The molecule has 1 amide bonds. The number of anilines is 1. The number of esters is 1. The standard InChI is InChI=1S/C22H23N3O4S/c1-30-17-7-4-6-16(13-17)25-14-15(12-20(25)26)21(27)29-11-5-10-24-19-9-3-2-8-18(19)23-22(24)28/h2-4,6-9,13,15H,5,10-12,14H2,1H3,(H,23,28). The lowest BCUT2D eigenvalue weighted by Gasteiger charge is -2.17. The first-order chi connectivity index (χ1) is 14.6. The highest BCUT2D eigenvalue weighted by molar-refractivity contribution is 7.98. The monoisotopic (exact) mass is 425 g/mol. The van der Waals surface area contributed by atoms with E-state index in [0.29, 0.717) is 19.5 Å². The van der Waals surface area contributed by atoms with Crippen LogP contribution in [0.2, 0.25) is 0 Å². The first-order valence-corrected chi connectivity index (χ1v) is 11.1. The summed E-state index contributed by atoms with van der Waals surface area (Å²) in [5.41, 5.74) is 2.25. The number of hydrogen-bond donors (Lipinski definition) is 1. The number of ether oxygens (including phenoxy) is 1. The number of para-hydroxylation sites is 2. The summed E-state index contributed by atoms with van der Waals surface area (Å²) in [4.78, 5) is 42.5. The zero-order chi connectivity index (χ0) is 21.1. The molecule has 1 saturated heterocycles. The fraction of sp³-hybridized carbons (Fsp3) is 0.318. The number of carbonyl (C=O) groups excluding carboxylic acids is 2. The van der Waals surface area contributed by atoms with Crippen molar-refractivity contribution >= 4 is 40.4 Å². The molecule has 0 radical (unpaired) electrons. The average Bonchev–Trinajstić information content (AvgIpc) is 3.30. The normalized spacial score (nSPS) is 16.4. The van der Waals surface area contributed by atoms with Crippen molar-refractivity contribution in [1.82, 2.24) is 9.55 Å². The maximum atomic E-state index is 12.5. The number of rotatable bonds is 7. The van der Waals surface area contributed by atoms with Crippen LogP contribution >= 0.6 is 11.8 Å². The minimum Gasteiger partial charge on any atom is -0.465 e. The van der Waals surface area contributed by atoms with Gasteiger partial charge in [0.1, 0.15) is 0 Å². The van der Waals surface area contributed by atoms with E-state index in [0.717, 1.165) is 21.6 Å². The number of hydrogen-bond acceptors (Lipinski definition) is 5. The molecule has 156 valence electrons. The van der Waals surface area contributed by atoms with E-state index in [1.807, 2.05) is 54.8 Å². The predicted octanol–water partition coefficient (Wildman–Crippen LogP) is 3.04. The molecule has 0 bridgehead atoms. The van der Waals surface area contributed by atoms with Gasteiger partial charge in [0.2, 0.25) is 5.91 Å². The number of carbonyl (C=O) groups is 2. The Labute approximate surface area is 178 Å². The van der Waals surface area contributed by atoms with Crippen LogP contribution in [-0.4, -0.2) is 40.8 Å². The van der Waals surface area contributed by atoms with E-state index < -0.39 is 5.92 Å². The molecule has 1 aliphatic heterocycles. The van der Waals surface area contributed by atoms with Gasteiger partial charge >= 0.3 is 11.7 Å². The number of amides is 1. The number of aromatic amines is 1. The Balaban J connectivity index is 1.31. The Morgan fingerprint density at radius 1 is 1.20 bits per heavy atom. The number of H-pyrrole nitrogens is 1. The van der Waals surface area contributed by atoms with E-state index in [9.17, 15) is 14.4 Å². The van der Waals surface area contributed by atoms with Gasteiger partial charge in [-0.1, -0.05) is 18.2 Å². The first kappa shape index (κ1) is 20.3. The van der Waals surface area contributed by atoms with Gasteiger partial charge in [-0.25, -0.2) is 4.79 Å². The Kier molecular flexibility index (Phi) is 5.94. The molecule has 2 heterocycles. The molecule has 1 aliphatic rings. The van der Waals surface area contributed by atoms with E-state index in [1.165, 1.54) is 0 Å². The molecule has 30 heavy (non-hydrogen) atoms. The molecule has 1 unspecified atom stereocenters. The molecule has 4 rings (SSSR count). The number of fused-ring (bicyclic) bond motifs is 1. The molecule has 0 saturated carbocycles. The van der Waals surface area contributed by atoms with Gasteiger partial charge in [0.05, 0.1) is 23.6 Å². The van der Waals surface area contributed by atoms with Crippen LogP contribution < -0.4 is 10.6 Å². The molecule has 8 heteroatoms. The van der Waals surface area contributed by atoms with Gasteiger partial charge in [-0.2, -0.15) is 0 Å². The number of aromatic nitrogens is 2. The summed E-state index contributed by atoms with van der Waals surface area (Å²) < 4.78 is 7.05. The minimum absolute atomic E-state index is 0.0689. The van der Waals surface area contributed by atoms with E-state index >= 15 is 0 Å². The van der Waals surface area contributed by atoms with E-state index in [2.05, 4.69) is 4.98 Å². The van der Waals surface area contributed by atoms with Gasteiger partial charge in [-0.15, -0.1) is 11.8 Å². The summed E-state index contributed by atoms with van der Waals surface area (Å²) in [6, 6.07) is 15.2. The van der Waals surface area contributed by atoms with Gasteiger partial charge in [0.15, 0.2) is 0 Å². The second-order valence-corrected chi connectivity index (χ2v) is 8.11. The largest absolute Gasteiger partial charge is 0.465 e. The van der Waals surface area contributed by atoms with Crippen molar-refractivity contribution in [3.63, 3.8) is 0 Å². The molecule has 1 fully saturated rings. The molecule has 1 N–H and O–H groups in total. The molecule has 0 spiro atoms. The number of aryl methyl sites for hydroxylation is 1. The number of nitrogens with zero attached hydrogens (tertiary/aromatic N) is 2. The maximum absolute atomic E-state index is 12.5. The fourth-order valence-corrected chi connectivity index (χ4v) is 4.19. The van der Waals surface area contributed by atoms with Crippen LogP contribution in [0.4, 0.5) is 5.69 Å². The van der Waals surface area contributed by atoms with Crippen molar-refractivity contribution in [3.05, 3.63) is 59.0 Å². The Morgan fingerprint density at radius 2 is 2.03 bits per heavy atom. The third kappa shape index (κ3) is 4.14. The Morgan fingerprint density at radius 3 is 2.87 bits per heavy atom. The minimum atomic E-state index is -0.466. The summed E-state index contributed by atoms with van der Waals surface area (Å²) >= 11 is 1.61. The highest BCUT2D eigenvalue weighted by atomic mass is 32.2. The quantitative estimate of drug-likeness (QED) is 0.357. The summed E-state index contributed by atoms with van der Waals surface area (Å²) in [5.74, 6) is -0.898. The van der Waals surface area contributed by atoms with Gasteiger partial charge in [-0.3, -0.25) is 14.2 Å². The summed E-state index contributed by atoms with van der Waals surface area (Å²) in [7, 11) is 0. The van der Waals surface area contributed by atoms with E-state index in [1.54, 1.807) is 21.2 Å². The lowest BCUT2D eigenvalue weighted by Crippen LogP contribution is -2.26. The fourth-order valence-electron chi connectivity index (χ4n) is 3.74. The maximum Gasteiger partial charge on any atom is 0.326 e. The predicted molar refractivity (Wildman–Crippen MR) is 117 cm³/mol. The molecule has 2 aromatic carbocycles. The van der Waals surface area contributed by atoms with Crippen LogP contribution in [0.1, 0.15) is 12.8 Å². The third-order valence-corrected chi connectivity index (χ3v) is 6.00. The van der Waals surface area contributed by atoms with Gasteiger partial charge in [-0.05, 0) is 43.0 Å².